The topological polar surface area (TPSA) is 113 Å². The molecule has 0 aliphatic carbocycles. The van der Waals surface area contributed by atoms with Gasteiger partial charge in [0, 0.05) is 11.8 Å². The van der Waals surface area contributed by atoms with Crippen LogP contribution in [0.4, 0.5) is 5.69 Å². The summed E-state index contributed by atoms with van der Waals surface area (Å²) in [6.07, 6.45) is -0.647. The highest BCUT2D eigenvalue weighted by atomic mass is 16.6. The molecule has 0 saturated carbocycles. The molecular formula is C20H22N4O4. The molecule has 0 amide bonds. The summed E-state index contributed by atoms with van der Waals surface area (Å²) in [6.45, 7) is 0.120. The number of pyridine rings is 1. The summed E-state index contributed by atoms with van der Waals surface area (Å²) in [4.78, 5) is 4.31. The van der Waals surface area contributed by atoms with Gasteiger partial charge in [-0.25, -0.2) is 4.68 Å². The Bertz CT molecular complexity index is 903. The predicted molar refractivity (Wildman–Crippen MR) is 102 cm³/mol. The third-order valence-corrected chi connectivity index (χ3v) is 4.74. The molecule has 4 N–H and O–H groups in total. The summed E-state index contributed by atoms with van der Waals surface area (Å²) < 4.78 is 7.08. The van der Waals surface area contributed by atoms with Gasteiger partial charge in [0.1, 0.15) is 24.0 Å². The van der Waals surface area contributed by atoms with Crippen LogP contribution in [0, 0.1) is 0 Å². The fourth-order valence-corrected chi connectivity index (χ4v) is 3.25. The van der Waals surface area contributed by atoms with Crippen molar-refractivity contribution in [2.75, 3.05) is 11.9 Å². The van der Waals surface area contributed by atoms with Crippen LogP contribution in [-0.4, -0.2) is 55.0 Å². The first-order chi connectivity index (χ1) is 13.7. The van der Waals surface area contributed by atoms with E-state index in [1.807, 2.05) is 48.5 Å². The van der Waals surface area contributed by atoms with E-state index in [0.29, 0.717) is 12.2 Å². The minimum Gasteiger partial charge on any atom is -0.394 e. The summed E-state index contributed by atoms with van der Waals surface area (Å²) >= 11 is 0. The highest BCUT2D eigenvalue weighted by molar-refractivity contribution is 5.73. The fraction of sp³-hybridized carbons (Fsp3) is 0.300. The maximum atomic E-state index is 10.3. The lowest BCUT2D eigenvalue weighted by molar-refractivity contribution is -0.0584. The quantitative estimate of drug-likeness (QED) is 0.506. The Morgan fingerprint density at radius 2 is 1.82 bits per heavy atom. The van der Waals surface area contributed by atoms with Crippen LogP contribution in [0.2, 0.25) is 0 Å². The Morgan fingerprint density at radius 1 is 1.04 bits per heavy atom. The van der Waals surface area contributed by atoms with Gasteiger partial charge in [0.15, 0.2) is 6.23 Å². The maximum absolute atomic E-state index is 10.3. The smallest absolute Gasteiger partial charge is 0.179 e. The van der Waals surface area contributed by atoms with Crippen LogP contribution in [0.3, 0.4) is 0 Å². The molecule has 8 nitrogen and oxygen atoms in total. The number of hydrogen-bond donors (Lipinski definition) is 4. The van der Waals surface area contributed by atoms with Gasteiger partial charge >= 0.3 is 0 Å². The Morgan fingerprint density at radius 3 is 2.50 bits per heavy atom. The van der Waals surface area contributed by atoms with E-state index in [1.165, 1.54) is 4.68 Å². The van der Waals surface area contributed by atoms with Crippen LogP contribution in [0.5, 0.6) is 0 Å². The van der Waals surface area contributed by atoms with E-state index < -0.39 is 24.5 Å². The molecule has 1 saturated heterocycles. The normalized spacial score (nSPS) is 24.4. The van der Waals surface area contributed by atoms with E-state index in [-0.39, 0.29) is 6.61 Å². The molecule has 3 aromatic rings. The van der Waals surface area contributed by atoms with Crippen LogP contribution in [0.15, 0.2) is 60.9 Å². The molecule has 8 heteroatoms. The summed E-state index contributed by atoms with van der Waals surface area (Å²) in [6, 6.07) is 15.3. The Hall–Kier alpha value is -2.78. The second-order valence-electron chi connectivity index (χ2n) is 6.64. The number of aliphatic hydroxyl groups excluding tert-OH is 3. The zero-order valence-corrected chi connectivity index (χ0v) is 15.1. The maximum Gasteiger partial charge on any atom is 0.179 e. The molecule has 1 fully saturated rings. The number of benzene rings is 1. The van der Waals surface area contributed by atoms with E-state index >= 15 is 0 Å². The number of nitrogens with zero attached hydrogens (tertiary/aromatic N) is 3. The highest BCUT2D eigenvalue weighted by Gasteiger charge is 2.44. The van der Waals surface area contributed by atoms with Gasteiger partial charge in [-0.3, -0.25) is 4.98 Å². The first-order valence-corrected chi connectivity index (χ1v) is 9.08. The second kappa shape index (κ2) is 8.07. The van der Waals surface area contributed by atoms with Gasteiger partial charge < -0.3 is 25.4 Å². The number of aromatic nitrogens is 3. The van der Waals surface area contributed by atoms with Crippen molar-refractivity contribution in [3.8, 4) is 11.3 Å². The number of anilines is 1. The second-order valence-corrected chi connectivity index (χ2v) is 6.64. The standard InChI is InChI=1S/C20H22N4O4/c25-12-16-18(26)19(27)20(28-16)24-11-15(22-10-14-8-4-5-9-21-14)17(23-24)13-6-2-1-3-7-13/h1-9,11,16,18-20,22,25-27H,10,12H2/t16-,18+,19+,20+/m0/s1. The average Bonchev–Trinajstić information content (AvgIpc) is 3.29. The van der Waals surface area contributed by atoms with E-state index in [4.69, 9.17) is 4.74 Å². The molecule has 1 aliphatic heterocycles. The molecule has 2 aromatic heterocycles. The molecule has 0 unspecified atom stereocenters. The molecule has 4 atom stereocenters. The Labute approximate surface area is 162 Å². The molecule has 0 spiro atoms. The number of rotatable bonds is 6. The molecule has 1 aliphatic rings. The lowest BCUT2D eigenvalue weighted by Crippen LogP contribution is -2.33. The molecule has 28 heavy (non-hydrogen) atoms. The third kappa shape index (κ3) is 3.63. The SMILES string of the molecule is OC[C@@H]1O[C@@H](n2cc(NCc3ccccn3)c(-c3ccccc3)n2)[C@H](O)[C@@H]1O. The van der Waals surface area contributed by atoms with Gasteiger partial charge in [-0.15, -0.1) is 0 Å². The zero-order chi connectivity index (χ0) is 19.5. The van der Waals surface area contributed by atoms with Gasteiger partial charge in [0.2, 0.25) is 0 Å². The monoisotopic (exact) mass is 382 g/mol. The van der Waals surface area contributed by atoms with Crippen molar-refractivity contribution < 1.29 is 20.1 Å². The van der Waals surface area contributed by atoms with Crippen LogP contribution in [-0.2, 0) is 11.3 Å². The van der Waals surface area contributed by atoms with Crippen LogP contribution >= 0.6 is 0 Å². The van der Waals surface area contributed by atoms with Crippen LogP contribution in [0.25, 0.3) is 11.3 Å². The van der Waals surface area contributed by atoms with Crippen molar-refractivity contribution in [2.45, 2.75) is 31.1 Å². The number of ether oxygens (including phenoxy) is 1. The van der Waals surface area contributed by atoms with Crippen LogP contribution < -0.4 is 5.32 Å². The Balaban J connectivity index is 1.64. The van der Waals surface area contributed by atoms with E-state index in [0.717, 1.165) is 16.9 Å². The van der Waals surface area contributed by atoms with Gasteiger partial charge in [-0.05, 0) is 12.1 Å². The lowest BCUT2D eigenvalue weighted by atomic mass is 10.1. The lowest BCUT2D eigenvalue weighted by Gasteiger charge is -2.14. The minimum atomic E-state index is -1.19. The molecule has 1 aromatic carbocycles. The zero-order valence-electron chi connectivity index (χ0n) is 15.1. The first-order valence-electron chi connectivity index (χ1n) is 9.08. The van der Waals surface area contributed by atoms with Gasteiger partial charge in [-0.2, -0.15) is 5.10 Å². The van der Waals surface area contributed by atoms with Crippen molar-refractivity contribution >= 4 is 5.69 Å². The van der Waals surface area contributed by atoms with Crippen molar-refractivity contribution in [3.05, 3.63) is 66.6 Å². The largest absolute Gasteiger partial charge is 0.394 e. The summed E-state index contributed by atoms with van der Waals surface area (Å²) in [5.41, 5.74) is 3.21. The van der Waals surface area contributed by atoms with E-state index in [9.17, 15) is 15.3 Å². The van der Waals surface area contributed by atoms with Crippen LogP contribution in [0.1, 0.15) is 11.9 Å². The van der Waals surface area contributed by atoms with Gasteiger partial charge in [0.05, 0.1) is 30.7 Å². The number of hydrogen-bond acceptors (Lipinski definition) is 7. The summed E-state index contributed by atoms with van der Waals surface area (Å²) in [7, 11) is 0. The summed E-state index contributed by atoms with van der Waals surface area (Å²) in [5, 5.41) is 37.6. The predicted octanol–water partition coefficient (Wildman–Crippen LogP) is 1.17. The fourth-order valence-electron chi connectivity index (χ4n) is 3.25. The molecule has 3 heterocycles. The molecule has 0 bridgehead atoms. The van der Waals surface area contributed by atoms with Crippen molar-refractivity contribution in [1.82, 2.24) is 14.8 Å². The van der Waals surface area contributed by atoms with Gasteiger partial charge in [0.25, 0.3) is 0 Å². The molecule has 146 valence electrons. The molecule has 4 rings (SSSR count). The van der Waals surface area contributed by atoms with E-state index in [1.54, 1.807) is 12.4 Å². The van der Waals surface area contributed by atoms with Crippen molar-refractivity contribution in [3.63, 3.8) is 0 Å². The van der Waals surface area contributed by atoms with Gasteiger partial charge in [-0.1, -0.05) is 36.4 Å². The summed E-state index contributed by atoms with van der Waals surface area (Å²) in [5.74, 6) is 0. The molecule has 0 radical (unpaired) electrons. The van der Waals surface area contributed by atoms with Crippen molar-refractivity contribution in [1.29, 1.82) is 0 Å². The number of aliphatic hydroxyl groups is 3. The minimum absolute atomic E-state index is 0.383. The highest BCUT2D eigenvalue weighted by Crippen LogP contribution is 2.33. The van der Waals surface area contributed by atoms with Crippen molar-refractivity contribution in [2.24, 2.45) is 0 Å². The Kier molecular flexibility index (Phi) is 5.36. The first kappa shape index (κ1) is 18.6. The molecular weight excluding hydrogens is 360 g/mol. The number of nitrogens with one attached hydrogen (secondary N) is 1. The third-order valence-electron chi connectivity index (χ3n) is 4.74. The van der Waals surface area contributed by atoms with E-state index in [2.05, 4.69) is 15.4 Å². The average molecular weight is 382 g/mol.